The van der Waals surface area contributed by atoms with Gasteiger partial charge in [0, 0.05) is 0 Å². The highest BCUT2D eigenvalue weighted by Gasteiger charge is 1.62. The van der Waals surface area contributed by atoms with Gasteiger partial charge in [-0.05, 0) is 17.8 Å². The lowest BCUT2D eigenvalue weighted by Gasteiger charge is -1.79. The molecule has 36 valence electrons. The first-order valence-electron chi connectivity index (χ1n) is 1.22. The van der Waals surface area contributed by atoms with E-state index in [4.69, 9.17) is 0 Å². The summed E-state index contributed by atoms with van der Waals surface area (Å²) in [5.74, 6) is 0. The van der Waals surface area contributed by atoms with Gasteiger partial charge in [-0.25, -0.2) is 9.37 Å². The van der Waals surface area contributed by atoms with Crippen LogP contribution in [0.5, 0.6) is 0 Å². The molecule has 0 bridgehead atoms. The summed E-state index contributed by atoms with van der Waals surface area (Å²) >= 11 is 0. The second-order valence-corrected chi connectivity index (χ2v) is 3.64. The molecular weight excluding hydrogens is 152 g/mol. The van der Waals surface area contributed by atoms with Crippen LogP contribution in [0.3, 0.4) is 0 Å². The van der Waals surface area contributed by atoms with Crippen molar-refractivity contribution in [3.8, 4) is 0 Å². The summed E-state index contributed by atoms with van der Waals surface area (Å²) in [7, 11) is 6.50. The minimum atomic E-state index is 0.712. The fraction of sp³-hybridized carbons (Fsp3) is 0. The molecule has 0 saturated carbocycles. The highest BCUT2D eigenvalue weighted by Crippen LogP contribution is 2.18. The van der Waals surface area contributed by atoms with E-state index < -0.39 is 0 Å². The first kappa shape index (κ1) is 7.35. The maximum absolute atomic E-state index is 3.70. The molecule has 0 aliphatic rings. The molecule has 0 rings (SSSR count). The van der Waals surface area contributed by atoms with Crippen LogP contribution in [0.1, 0.15) is 0 Å². The zero-order valence-corrected chi connectivity index (χ0v) is 7.25. The topological polar surface area (TPSA) is 24.4 Å². The molecule has 0 saturated heterocycles. The first-order valence-corrected chi connectivity index (χ1v) is 5.39. The molecule has 1 N–H and O–H groups in total. The molecule has 0 heterocycles. The lowest BCUT2D eigenvalue weighted by Crippen LogP contribution is -1.65. The second-order valence-electron chi connectivity index (χ2n) is 0.472. The fourth-order valence-electron chi connectivity index (χ4n) is 0.0577. The lowest BCUT2D eigenvalue weighted by molar-refractivity contribution is 1.73. The maximum Gasteiger partial charge on any atom is 0.0978 e. The smallest absolute Gasteiger partial charge is 0.0978 e. The molecule has 6 heteroatoms. The van der Waals surface area contributed by atoms with Crippen LogP contribution in [0.2, 0.25) is 0 Å². The molecule has 0 aliphatic carbocycles. The van der Waals surface area contributed by atoms with Crippen molar-refractivity contribution >= 4 is 35.3 Å². The Bertz CT molecular complexity index is 40.8. The third-order valence-electron chi connectivity index (χ3n) is 0.172. The molecule has 0 aromatic carbocycles. The molecule has 0 radical (unpaired) electrons. The van der Waals surface area contributed by atoms with E-state index in [0.29, 0.717) is 8.42 Å². The molecule has 3 unspecified atom stereocenters. The molecule has 2 nitrogen and oxygen atoms in total. The van der Waals surface area contributed by atoms with Crippen molar-refractivity contribution in [1.29, 1.82) is 0 Å². The zero-order chi connectivity index (χ0) is 4.83. The molecule has 0 amide bonds. The van der Waals surface area contributed by atoms with Crippen molar-refractivity contribution in [2.75, 3.05) is 0 Å². The van der Waals surface area contributed by atoms with E-state index in [1.807, 2.05) is 0 Å². The van der Waals surface area contributed by atoms with E-state index >= 15 is 0 Å². The van der Waals surface area contributed by atoms with Crippen molar-refractivity contribution in [3.05, 3.63) is 0 Å². The monoisotopic (exact) mass is 158 g/mol. The first-order chi connectivity index (χ1) is 2.91. The molecule has 0 aliphatic heterocycles. The van der Waals surface area contributed by atoms with Crippen molar-refractivity contribution < 1.29 is 0 Å². The molecule has 0 fully saturated rings. The summed E-state index contributed by atoms with van der Waals surface area (Å²) in [6, 6.07) is 0. The zero-order valence-electron chi connectivity index (χ0n) is 3.05. The third kappa shape index (κ3) is 5.35. The van der Waals surface area contributed by atoms with Crippen LogP contribution >= 0.6 is 35.3 Å². The Hall–Kier alpha value is 1.35. The largest absolute Gasteiger partial charge is 0.235 e. The van der Waals surface area contributed by atoms with Crippen molar-refractivity contribution in [1.82, 2.24) is 4.86 Å². The number of nitrogens with zero attached hydrogens (tertiary/aromatic N) is 1. The van der Waals surface area contributed by atoms with E-state index in [2.05, 4.69) is 27.7 Å². The summed E-state index contributed by atoms with van der Waals surface area (Å²) < 4.78 is 3.70. The Kier molecular flexibility index (Phi) is 7.78. The van der Waals surface area contributed by atoms with E-state index in [-0.39, 0.29) is 0 Å². The van der Waals surface area contributed by atoms with Gasteiger partial charge >= 0.3 is 0 Å². The molecule has 0 spiro atoms. The van der Waals surface area contributed by atoms with E-state index in [9.17, 15) is 0 Å². The van der Waals surface area contributed by atoms with Crippen LogP contribution in [-0.2, 0) is 0 Å². The van der Waals surface area contributed by atoms with Gasteiger partial charge in [0.2, 0.25) is 0 Å². The molecule has 3 atom stereocenters. The molecular formula is H6N2P4. The minimum Gasteiger partial charge on any atom is -0.235 e. The number of nitrogens with one attached hydrogen (secondary N) is 1. The van der Waals surface area contributed by atoms with Gasteiger partial charge in [0.05, 0.1) is 8.52 Å². The third-order valence-corrected chi connectivity index (χ3v) is 2.71. The predicted octanol–water partition coefficient (Wildman–Crippen LogP) is 1.79. The van der Waals surface area contributed by atoms with Crippen molar-refractivity contribution in [2.24, 2.45) is 4.52 Å². The van der Waals surface area contributed by atoms with E-state index in [1.54, 1.807) is 0 Å². The van der Waals surface area contributed by atoms with E-state index in [1.165, 1.54) is 0 Å². The Morgan fingerprint density at radius 2 is 2.50 bits per heavy atom. The van der Waals surface area contributed by atoms with Gasteiger partial charge in [0.1, 0.15) is 0 Å². The Labute approximate surface area is 45.4 Å². The predicted molar refractivity (Wildman–Crippen MR) is 40.2 cm³/mol. The average molecular weight is 158 g/mol. The van der Waals surface area contributed by atoms with Gasteiger partial charge in [0.15, 0.2) is 0 Å². The highest BCUT2D eigenvalue weighted by atomic mass is 32.0. The summed E-state index contributed by atoms with van der Waals surface area (Å²) in [6.07, 6.45) is 0. The molecule has 0 aromatic heterocycles. The van der Waals surface area contributed by atoms with Gasteiger partial charge in [-0.3, -0.25) is 0 Å². The summed E-state index contributed by atoms with van der Waals surface area (Å²) in [4.78, 5) is 2.97. The van der Waals surface area contributed by atoms with Gasteiger partial charge in [-0.2, -0.15) is 0 Å². The van der Waals surface area contributed by atoms with Crippen LogP contribution < -0.4 is 4.86 Å². The summed E-state index contributed by atoms with van der Waals surface area (Å²) in [5.41, 5.74) is 0. The Balaban J connectivity index is 2.66. The van der Waals surface area contributed by atoms with Crippen LogP contribution in [0.4, 0.5) is 0 Å². The number of hydrogen-bond donors (Lipinski definition) is 1. The van der Waals surface area contributed by atoms with Gasteiger partial charge in [0.25, 0.3) is 0 Å². The Morgan fingerprint density at radius 1 is 1.83 bits per heavy atom. The Morgan fingerprint density at radius 3 is 2.67 bits per heavy atom. The summed E-state index contributed by atoms with van der Waals surface area (Å²) in [6.45, 7) is 0. The standard InChI is InChI=1S/H6N2P4/c3-1-5-2-6-4/h6H,3-4H2,(H,1,2). The normalized spacial score (nSPS) is 12.3. The summed E-state index contributed by atoms with van der Waals surface area (Å²) in [5, 5.41) is 0. The van der Waals surface area contributed by atoms with E-state index in [0.717, 1.165) is 8.52 Å². The SMILES string of the molecule is PN=PNPP. The highest BCUT2D eigenvalue weighted by molar-refractivity contribution is 8.03. The lowest BCUT2D eigenvalue weighted by atomic mass is 13.9. The number of hydrogen-bond acceptors (Lipinski definition) is 1. The van der Waals surface area contributed by atoms with Crippen molar-refractivity contribution in [3.63, 3.8) is 0 Å². The molecule has 0 aromatic rings. The van der Waals surface area contributed by atoms with Gasteiger partial charge in [-0.15, -0.1) is 0 Å². The van der Waals surface area contributed by atoms with Crippen LogP contribution in [-0.4, -0.2) is 0 Å². The van der Waals surface area contributed by atoms with Crippen LogP contribution in [0, 0.1) is 0 Å². The quantitative estimate of drug-likeness (QED) is 0.608. The fourth-order valence-corrected chi connectivity index (χ4v) is 1.56. The maximum atomic E-state index is 3.70. The second kappa shape index (κ2) is 6.35. The van der Waals surface area contributed by atoms with Gasteiger partial charge < -0.3 is 0 Å². The van der Waals surface area contributed by atoms with Crippen LogP contribution in [0.15, 0.2) is 4.52 Å². The number of rotatable bonds is 2. The van der Waals surface area contributed by atoms with Crippen LogP contribution in [0.25, 0.3) is 0 Å². The minimum absolute atomic E-state index is 0.712. The van der Waals surface area contributed by atoms with Gasteiger partial charge in [-0.1, -0.05) is 8.93 Å². The molecule has 6 heavy (non-hydrogen) atoms. The average Bonchev–Trinajstić information content (AvgIpc) is 1.61. The van der Waals surface area contributed by atoms with Crippen molar-refractivity contribution in [2.45, 2.75) is 0 Å².